The Bertz CT molecular complexity index is 591. The second kappa shape index (κ2) is 6.52. The van der Waals surface area contributed by atoms with E-state index in [-0.39, 0.29) is 0 Å². The van der Waals surface area contributed by atoms with Gasteiger partial charge in [0.15, 0.2) is 0 Å². The Morgan fingerprint density at radius 3 is 2.38 bits per heavy atom. The first-order valence-corrected chi connectivity index (χ1v) is 7.85. The van der Waals surface area contributed by atoms with E-state index in [0.717, 1.165) is 24.2 Å². The first-order chi connectivity index (χ1) is 9.95. The fraction of sp³-hybridized carbons (Fsp3) is 0.556. The van der Waals surface area contributed by atoms with Crippen molar-refractivity contribution in [2.75, 3.05) is 13.7 Å². The maximum absolute atomic E-state index is 5.63. The number of benzene rings is 1. The van der Waals surface area contributed by atoms with Gasteiger partial charge in [0.05, 0.1) is 7.11 Å². The molecular weight excluding hydrogens is 260 g/mol. The molecule has 1 N–H and O–H groups in total. The zero-order valence-corrected chi connectivity index (χ0v) is 14.2. The molecule has 0 saturated carbocycles. The minimum absolute atomic E-state index is 0.568. The summed E-state index contributed by atoms with van der Waals surface area (Å²) >= 11 is 0. The first-order valence-electron chi connectivity index (χ1n) is 7.85. The van der Waals surface area contributed by atoms with Crippen molar-refractivity contribution in [2.24, 2.45) is 0 Å². The van der Waals surface area contributed by atoms with Gasteiger partial charge in [-0.25, -0.2) is 0 Å². The van der Waals surface area contributed by atoms with Crippen LogP contribution in [0.4, 0.5) is 0 Å². The lowest BCUT2D eigenvalue weighted by atomic mass is 10.1. The van der Waals surface area contributed by atoms with Gasteiger partial charge in [0.1, 0.15) is 5.75 Å². The molecule has 1 aromatic carbocycles. The summed E-state index contributed by atoms with van der Waals surface area (Å²) in [6.07, 6.45) is 3.17. The van der Waals surface area contributed by atoms with Crippen LogP contribution in [0.25, 0.3) is 10.9 Å². The van der Waals surface area contributed by atoms with Crippen molar-refractivity contribution in [1.29, 1.82) is 0 Å². The third-order valence-corrected chi connectivity index (χ3v) is 4.25. The lowest BCUT2D eigenvalue weighted by Gasteiger charge is -2.30. The molecule has 21 heavy (non-hydrogen) atoms. The van der Waals surface area contributed by atoms with Crippen LogP contribution in [0.3, 0.4) is 0 Å². The molecule has 2 aromatic rings. The summed E-state index contributed by atoms with van der Waals surface area (Å²) in [4.78, 5) is 5.90. The van der Waals surface area contributed by atoms with Crippen LogP contribution in [0.5, 0.6) is 5.75 Å². The van der Waals surface area contributed by atoms with Gasteiger partial charge in [-0.05, 0) is 58.2 Å². The number of fused-ring (bicyclic) bond motifs is 1. The molecule has 0 fully saturated rings. The van der Waals surface area contributed by atoms with E-state index in [2.05, 4.69) is 62.8 Å². The fourth-order valence-electron chi connectivity index (χ4n) is 3.19. The highest BCUT2D eigenvalue weighted by molar-refractivity contribution is 5.90. The van der Waals surface area contributed by atoms with Crippen LogP contribution in [0.1, 0.15) is 38.8 Å². The van der Waals surface area contributed by atoms with Gasteiger partial charge in [0.25, 0.3) is 0 Å². The molecule has 1 aromatic heterocycles. The van der Waals surface area contributed by atoms with Gasteiger partial charge in [0, 0.05) is 35.7 Å². The van der Waals surface area contributed by atoms with E-state index in [0.29, 0.717) is 12.1 Å². The van der Waals surface area contributed by atoms with Crippen molar-refractivity contribution in [1.82, 2.24) is 9.88 Å². The second-order valence-corrected chi connectivity index (χ2v) is 6.33. The van der Waals surface area contributed by atoms with Crippen LogP contribution in [0.2, 0.25) is 0 Å². The summed E-state index contributed by atoms with van der Waals surface area (Å²) in [6, 6.07) is 5.38. The van der Waals surface area contributed by atoms with Crippen LogP contribution in [-0.4, -0.2) is 35.6 Å². The number of aromatic nitrogens is 1. The first kappa shape index (κ1) is 15.9. The van der Waals surface area contributed by atoms with Crippen molar-refractivity contribution in [3.63, 3.8) is 0 Å². The number of rotatable bonds is 6. The Morgan fingerprint density at radius 1 is 1.14 bits per heavy atom. The normalized spacial score (nSPS) is 12.0. The van der Waals surface area contributed by atoms with Crippen molar-refractivity contribution in [3.05, 3.63) is 29.5 Å². The molecule has 3 heteroatoms. The van der Waals surface area contributed by atoms with Crippen LogP contribution < -0.4 is 4.74 Å². The van der Waals surface area contributed by atoms with E-state index in [1.165, 1.54) is 16.5 Å². The molecule has 0 unspecified atom stereocenters. The number of aryl methyl sites for hydroxylation is 1. The maximum atomic E-state index is 5.63. The molecule has 2 rings (SSSR count). The molecule has 3 nitrogen and oxygen atoms in total. The lowest BCUT2D eigenvalue weighted by molar-refractivity contribution is 0.177. The van der Waals surface area contributed by atoms with E-state index in [9.17, 15) is 0 Å². The van der Waals surface area contributed by atoms with Crippen molar-refractivity contribution in [3.8, 4) is 5.75 Å². The molecule has 0 aliphatic heterocycles. The van der Waals surface area contributed by atoms with E-state index >= 15 is 0 Å². The Balaban J connectivity index is 2.29. The predicted octanol–water partition coefficient (Wildman–Crippen LogP) is 4.15. The number of nitrogens with zero attached hydrogens (tertiary/aromatic N) is 1. The van der Waals surface area contributed by atoms with Crippen LogP contribution in [0.15, 0.2) is 18.3 Å². The summed E-state index contributed by atoms with van der Waals surface area (Å²) < 4.78 is 5.63. The number of hydrogen-bond acceptors (Lipinski definition) is 2. The number of ether oxygens (including phenoxy) is 1. The Labute approximate surface area is 128 Å². The summed E-state index contributed by atoms with van der Waals surface area (Å²) in [5, 5.41) is 1.24. The molecule has 0 radical (unpaired) electrons. The van der Waals surface area contributed by atoms with Crippen LogP contribution in [0, 0.1) is 6.92 Å². The largest absolute Gasteiger partial charge is 0.496 e. The third-order valence-electron chi connectivity index (χ3n) is 4.25. The average molecular weight is 288 g/mol. The van der Waals surface area contributed by atoms with E-state index in [1.807, 2.05) is 0 Å². The molecule has 0 spiro atoms. The quantitative estimate of drug-likeness (QED) is 0.865. The second-order valence-electron chi connectivity index (χ2n) is 6.33. The molecule has 0 aliphatic rings. The molecule has 116 valence electrons. The van der Waals surface area contributed by atoms with Gasteiger partial charge in [-0.15, -0.1) is 0 Å². The third kappa shape index (κ3) is 3.24. The molecule has 0 saturated heterocycles. The monoisotopic (exact) mass is 288 g/mol. The summed E-state index contributed by atoms with van der Waals surface area (Å²) in [7, 11) is 1.76. The summed E-state index contributed by atoms with van der Waals surface area (Å²) in [6.45, 7) is 12.2. The molecule has 0 bridgehead atoms. The molecule has 1 heterocycles. The highest BCUT2D eigenvalue weighted by Gasteiger charge is 2.16. The fourth-order valence-corrected chi connectivity index (χ4v) is 3.19. The van der Waals surface area contributed by atoms with Crippen molar-refractivity contribution < 1.29 is 4.74 Å². The molecular formula is C18H28N2O. The number of nitrogens with one attached hydrogen (secondary N) is 1. The Kier molecular flexibility index (Phi) is 4.94. The lowest BCUT2D eigenvalue weighted by Crippen LogP contribution is -2.38. The Morgan fingerprint density at radius 2 is 1.81 bits per heavy atom. The van der Waals surface area contributed by atoms with Gasteiger partial charge < -0.3 is 9.72 Å². The standard InChI is InChI=1S/C18H28N2O/c1-12(2)20(13(3)4)10-9-15-11-19-16-8-7-14(5)18(21-6)17(15)16/h7-8,11-13,19H,9-10H2,1-6H3. The van der Waals surface area contributed by atoms with Crippen LogP contribution in [-0.2, 0) is 6.42 Å². The Hall–Kier alpha value is -1.48. The summed E-state index contributed by atoms with van der Waals surface area (Å²) in [5.41, 5.74) is 3.69. The highest BCUT2D eigenvalue weighted by atomic mass is 16.5. The van der Waals surface area contributed by atoms with E-state index in [4.69, 9.17) is 4.74 Å². The number of hydrogen-bond donors (Lipinski definition) is 1. The predicted molar refractivity (Wildman–Crippen MR) is 90.3 cm³/mol. The smallest absolute Gasteiger partial charge is 0.131 e. The number of H-pyrrole nitrogens is 1. The minimum atomic E-state index is 0.568. The van der Waals surface area contributed by atoms with E-state index in [1.54, 1.807) is 7.11 Å². The highest BCUT2D eigenvalue weighted by Crippen LogP contribution is 2.32. The van der Waals surface area contributed by atoms with Crippen molar-refractivity contribution >= 4 is 10.9 Å². The van der Waals surface area contributed by atoms with Crippen LogP contribution >= 0.6 is 0 Å². The van der Waals surface area contributed by atoms with Crippen molar-refractivity contribution in [2.45, 2.75) is 53.1 Å². The maximum Gasteiger partial charge on any atom is 0.131 e. The SMILES string of the molecule is COc1c(C)ccc2[nH]cc(CCN(C(C)C)C(C)C)c12. The van der Waals surface area contributed by atoms with Gasteiger partial charge >= 0.3 is 0 Å². The summed E-state index contributed by atoms with van der Waals surface area (Å²) in [5.74, 6) is 1.00. The molecule has 0 atom stereocenters. The topological polar surface area (TPSA) is 28.3 Å². The average Bonchev–Trinajstić information content (AvgIpc) is 2.81. The zero-order chi connectivity index (χ0) is 15.6. The zero-order valence-electron chi connectivity index (χ0n) is 14.2. The van der Waals surface area contributed by atoms with Gasteiger partial charge in [0.2, 0.25) is 0 Å². The van der Waals surface area contributed by atoms with Gasteiger partial charge in [-0.1, -0.05) is 6.07 Å². The number of aromatic amines is 1. The van der Waals surface area contributed by atoms with Gasteiger partial charge in [-0.3, -0.25) is 4.90 Å². The number of methoxy groups -OCH3 is 1. The van der Waals surface area contributed by atoms with Gasteiger partial charge in [-0.2, -0.15) is 0 Å². The minimum Gasteiger partial charge on any atom is -0.496 e. The van der Waals surface area contributed by atoms with E-state index < -0.39 is 0 Å². The molecule has 0 amide bonds. The molecule has 0 aliphatic carbocycles.